The number of allylic oxidation sites excluding steroid dienone is 1. The molecule has 0 saturated carbocycles. The topological polar surface area (TPSA) is 78.3 Å². The first-order chi connectivity index (χ1) is 16.1. The molecule has 10 heteroatoms. The predicted molar refractivity (Wildman–Crippen MR) is 120 cm³/mol. The molecule has 34 heavy (non-hydrogen) atoms. The monoisotopic (exact) mass is 475 g/mol. The van der Waals surface area contributed by atoms with Crippen LogP contribution in [0.2, 0.25) is 0 Å². The number of azo groups is 1. The molecule has 0 aliphatic carbocycles. The van der Waals surface area contributed by atoms with Crippen LogP contribution in [0.1, 0.15) is 39.2 Å². The molecule has 1 amide bonds. The molecular weight excluding hydrogens is 447 g/mol. The number of alkyl halides is 3. The smallest absolute Gasteiger partial charge is 0.378 e. The van der Waals surface area contributed by atoms with Crippen molar-refractivity contribution in [3.05, 3.63) is 52.4 Å². The molecule has 0 bridgehead atoms. The third-order valence-electron chi connectivity index (χ3n) is 7.11. The van der Waals surface area contributed by atoms with E-state index in [1.807, 2.05) is 45.0 Å². The van der Waals surface area contributed by atoms with Crippen LogP contribution >= 0.6 is 0 Å². The van der Waals surface area contributed by atoms with E-state index < -0.39 is 29.0 Å². The minimum atomic E-state index is -4.69. The zero-order valence-electron chi connectivity index (χ0n) is 19.4. The van der Waals surface area contributed by atoms with E-state index in [0.29, 0.717) is 49.6 Å². The molecule has 4 aliphatic rings. The average Bonchev–Trinajstić information content (AvgIpc) is 3.22. The number of hydrogen-bond acceptors (Lipinski definition) is 6. The second-order valence-corrected chi connectivity index (χ2v) is 9.80. The first kappa shape index (κ1) is 22.9. The number of anilines is 1. The number of nitrogens with zero attached hydrogens (tertiary/aromatic N) is 3. The Labute approximate surface area is 196 Å². The second kappa shape index (κ2) is 7.83. The van der Waals surface area contributed by atoms with Crippen molar-refractivity contribution < 1.29 is 22.7 Å². The highest BCUT2D eigenvalue weighted by Gasteiger charge is 2.57. The quantitative estimate of drug-likeness (QED) is 0.695. The normalized spacial score (nSPS) is 28.5. The predicted octanol–water partition coefficient (Wildman–Crippen LogP) is 3.94. The van der Waals surface area contributed by atoms with Crippen molar-refractivity contribution in [1.82, 2.24) is 10.6 Å². The molecule has 1 aromatic carbocycles. The van der Waals surface area contributed by atoms with Crippen molar-refractivity contribution in [2.75, 3.05) is 31.2 Å². The minimum absolute atomic E-state index is 0.00441. The maximum absolute atomic E-state index is 14.2. The van der Waals surface area contributed by atoms with Gasteiger partial charge in [0.25, 0.3) is 5.91 Å². The Hall–Kier alpha value is -2.88. The summed E-state index contributed by atoms with van der Waals surface area (Å²) >= 11 is 0. The molecule has 4 heterocycles. The van der Waals surface area contributed by atoms with Crippen molar-refractivity contribution in [2.24, 2.45) is 10.2 Å². The van der Waals surface area contributed by atoms with E-state index in [-0.39, 0.29) is 17.9 Å². The molecule has 1 fully saturated rings. The molecule has 0 radical (unpaired) electrons. The SMILES string of the molecule is CC[C@@]1(c2cccc(N3CCOCC3)c2)C2=C(CC(C)(C)NC2=O)NC2N=NC(C(F)(F)F)=C21. The van der Waals surface area contributed by atoms with Crippen molar-refractivity contribution >= 4 is 11.6 Å². The lowest BCUT2D eigenvalue weighted by molar-refractivity contribution is -0.120. The second-order valence-electron chi connectivity index (χ2n) is 9.80. The summed E-state index contributed by atoms with van der Waals surface area (Å²) in [6, 6.07) is 7.51. The van der Waals surface area contributed by atoms with E-state index in [1.54, 1.807) is 0 Å². The number of ether oxygens (including phenoxy) is 1. The first-order valence-electron chi connectivity index (χ1n) is 11.6. The van der Waals surface area contributed by atoms with Gasteiger partial charge in [-0.2, -0.15) is 18.3 Å². The standard InChI is InChI=1S/C24H28F3N5O2/c1-4-23(14-6-5-7-15(12-14)32-8-10-34-11-9-32)17-16(13-22(2,3)29-21(17)33)28-20-18(23)19(30-31-20)24(25,26)27/h5-7,12,20,28H,4,8-11,13H2,1-3H3,(H,29,33)/t20?,23-/m1/s1. The zero-order chi connectivity index (χ0) is 24.3. The van der Waals surface area contributed by atoms with Crippen LogP contribution in [0.4, 0.5) is 18.9 Å². The number of nitrogens with one attached hydrogen (secondary N) is 2. The van der Waals surface area contributed by atoms with E-state index >= 15 is 0 Å². The highest BCUT2D eigenvalue weighted by Crippen LogP contribution is 2.55. The molecule has 1 aromatic rings. The van der Waals surface area contributed by atoms with Gasteiger partial charge in [-0.05, 0) is 38.0 Å². The van der Waals surface area contributed by atoms with Crippen LogP contribution in [-0.2, 0) is 14.9 Å². The number of benzene rings is 1. The maximum Gasteiger partial charge on any atom is 0.435 e. The van der Waals surface area contributed by atoms with Crippen LogP contribution < -0.4 is 15.5 Å². The molecule has 0 aromatic heterocycles. The Kier molecular flexibility index (Phi) is 5.27. The molecule has 5 rings (SSSR count). The van der Waals surface area contributed by atoms with Crippen molar-refractivity contribution in [3.8, 4) is 0 Å². The Morgan fingerprint density at radius 3 is 2.65 bits per heavy atom. The van der Waals surface area contributed by atoms with Gasteiger partial charge < -0.3 is 20.3 Å². The molecule has 182 valence electrons. The lowest BCUT2D eigenvalue weighted by Crippen LogP contribution is -2.58. The number of rotatable bonds is 3. The van der Waals surface area contributed by atoms with Gasteiger partial charge in [0, 0.05) is 42.0 Å². The molecule has 0 spiro atoms. The Bertz CT molecular complexity index is 1120. The largest absolute Gasteiger partial charge is 0.435 e. The fourth-order valence-corrected chi connectivity index (χ4v) is 5.72. The highest BCUT2D eigenvalue weighted by atomic mass is 19.4. The van der Waals surface area contributed by atoms with E-state index in [4.69, 9.17) is 4.74 Å². The summed E-state index contributed by atoms with van der Waals surface area (Å²) in [6.07, 6.45) is -4.95. The summed E-state index contributed by atoms with van der Waals surface area (Å²) in [5.41, 5.74) is -0.398. The van der Waals surface area contributed by atoms with Crippen LogP contribution in [0.15, 0.2) is 57.0 Å². The minimum Gasteiger partial charge on any atom is -0.378 e. The lowest BCUT2D eigenvalue weighted by Gasteiger charge is -2.48. The van der Waals surface area contributed by atoms with Gasteiger partial charge in [0.2, 0.25) is 0 Å². The molecule has 2 atom stereocenters. The third kappa shape index (κ3) is 3.50. The fourth-order valence-electron chi connectivity index (χ4n) is 5.72. The summed E-state index contributed by atoms with van der Waals surface area (Å²) in [5, 5.41) is 13.7. The number of carbonyl (C=O) groups excluding carboxylic acids is 1. The number of halogens is 3. The molecule has 1 saturated heterocycles. The van der Waals surface area contributed by atoms with Crippen molar-refractivity contribution in [2.45, 2.75) is 56.9 Å². The fraction of sp³-hybridized carbons (Fsp3) is 0.542. The number of morpholine rings is 1. The van der Waals surface area contributed by atoms with Crippen LogP contribution in [0.5, 0.6) is 0 Å². The van der Waals surface area contributed by atoms with E-state index in [0.717, 1.165) is 5.69 Å². The maximum atomic E-state index is 14.2. The van der Waals surface area contributed by atoms with Crippen molar-refractivity contribution in [1.29, 1.82) is 0 Å². The van der Waals surface area contributed by atoms with Gasteiger partial charge in [0.05, 0.1) is 24.2 Å². The lowest BCUT2D eigenvalue weighted by atomic mass is 9.61. The third-order valence-corrected chi connectivity index (χ3v) is 7.11. The Morgan fingerprint density at radius 2 is 1.97 bits per heavy atom. The van der Waals surface area contributed by atoms with Crippen LogP contribution in [0.3, 0.4) is 0 Å². The average molecular weight is 476 g/mol. The van der Waals surface area contributed by atoms with Crippen LogP contribution in [0, 0.1) is 0 Å². The van der Waals surface area contributed by atoms with E-state index in [2.05, 4.69) is 25.8 Å². The molecule has 7 nitrogen and oxygen atoms in total. The van der Waals surface area contributed by atoms with Gasteiger partial charge in [0.1, 0.15) is 0 Å². The first-order valence-corrected chi connectivity index (χ1v) is 11.6. The molecular formula is C24H28F3N5O2. The van der Waals surface area contributed by atoms with Gasteiger partial charge in [-0.1, -0.05) is 19.1 Å². The van der Waals surface area contributed by atoms with Crippen molar-refractivity contribution in [3.63, 3.8) is 0 Å². The van der Waals surface area contributed by atoms with Gasteiger partial charge >= 0.3 is 6.18 Å². The zero-order valence-corrected chi connectivity index (χ0v) is 19.4. The highest BCUT2D eigenvalue weighted by molar-refractivity contribution is 6.00. The summed E-state index contributed by atoms with van der Waals surface area (Å²) in [5.74, 6) is -0.364. The summed E-state index contributed by atoms with van der Waals surface area (Å²) in [6.45, 7) is 8.16. The molecule has 2 N–H and O–H groups in total. The van der Waals surface area contributed by atoms with Crippen LogP contribution in [0.25, 0.3) is 0 Å². The van der Waals surface area contributed by atoms with Gasteiger partial charge in [-0.25, -0.2) is 0 Å². The number of hydrogen-bond donors (Lipinski definition) is 2. The summed E-state index contributed by atoms with van der Waals surface area (Å²) < 4.78 is 47.9. The number of amides is 1. The Balaban J connectivity index is 1.77. The Morgan fingerprint density at radius 1 is 1.24 bits per heavy atom. The van der Waals surface area contributed by atoms with E-state index in [1.165, 1.54) is 0 Å². The van der Waals surface area contributed by atoms with E-state index in [9.17, 15) is 18.0 Å². The number of carbonyl (C=O) groups is 1. The summed E-state index contributed by atoms with van der Waals surface area (Å²) in [4.78, 5) is 15.7. The number of fused-ring (bicyclic) bond motifs is 1. The summed E-state index contributed by atoms with van der Waals surface area (Å²) in [7, 11) is 0. The van der Waals surface area contributed by atoms with Gasteiger partial charge in [0.15, 0.2) is 11.9 Å². The van der Waals surface area contributed by atoms with Gasteiger partial charge in [-0.3, -0.25) is 4.79 Å². The molecule has 1 unspecified atom stereocenters. The van der Waals surface area contributed by atoms with Gasteiger partial charge in [-0.15, -0.1) is 5.11 Å². The van der Waals surface area contributed by atoms with Crippen LogP contribution in [-0.4, -0.2) is 50.1 Å². The molecule has 4 aliphatic heterocycles.